The molecule has 0 saturated heterocycles. The number of aromatic nitrogens is 1. The Kier molecular flexibility index (Phi) is 6.28. The van der Waals surface area contributed by atoms with Crippen molar-refractivity contribution in [3.05, 3.63) is 54.4 Å². The summed E-state index contributed by atoms with van der Waals surface area (Å²) in [5, 5.41) is 2.62. The Morgan fingerprint density at radius 1 is 1.21 bits per heavy atom. The van der Waals surface area contributed by atoms with E-state index in [2.05, 4.69) is 15.0 Å². The molecule has 7 nitrogen and oxygen atoms in total. The number of sulfonamides is 1. The minimum atomic E-state index is -3.75. The van der Waals surface area contributed by atoms with Crippen molar-refractivity contribution in [3.8, 4) is 5.75 Å². The molecule has 1 heterocycles. The summed E-state index contributed by atoms with van der Waals surface area (Å²) in [4.78, 5) is 15.8. The monoisotopic (exact) mass is 349 g/mol. The highest BCUT2D eigenvalue weighted by molar-refractivity contribution is 7.89. The molecule has 24 heavy (non-hydrogen) atoms. The molecule has 2 N–H and O–H groups in total. The van der Waals surface area contributed by atoms with Crippen LogP contribution >= 0.6 is 0 Å². The van der Waals surface area contributed by atoms with Crippen LogP contribution in [0.1, 0.15) is 12.5 Å². The van der Waals surface area contributed by atoms with Crippen LogP contribution in [0.2, 0.25) is 0 Å². The fourth-order valence-corrected chi connectivity index (χ4v) is 2.87. The summed E-state index contributed by atoms with van der Waals surface area (Å²) in [6.45, 7) is 2.30. The quantitative estimate of drug-likeness (QED) is 0.743. The number of ether oxygens (including phenoxy) is 1. The third-order valence-electron chi connectivity index (χ3n) is 3.08. The van der Waals surface area contributed by atoms with Gasteiger partial charge in [-0.2, -0.15) is 0 Å². The summed E-state index contributed by atoms with van der Waals surface area (Å²) in [5.74, 6) is 0.166. The SMILES string of the molecule is CCOc1ccc(S(=O)(=O)NCC(=O)NCc2cccnc2)cc1. The second-order valence-corrected chi connectivity index (χ2v) is 6.63. The Hall–Kier alpha value is -2.45. The maximum Gasteiger partial charge on any atom is 0.241 e. The number of rotatable bonds is 8. The first-order chi connectivity index (χ1) is 11.5. The molecule has 128 valence electrons. The second kappa shape index (κ2) is 8.42. The lowest BCUT2D eigenvalue weighted by molar-refractivity contribution is -0.120. The molecule has 2 aromatic rings. The molecule has 1 amide bonds. The van der Waals surface area contributed by atoms with Gasteiger partial charge in [0.05, 0.1) is 18.0 Å². The van der Waals surface area contributed by atoms with Crippen molar-refractivity contribution in [2.24, 2.45) is 0 Å². The van der Waals surface area contributed by atoms with Crippen LogP contribution in [0.3, 0.4) is 0 Å². The van der Waals surface area contributed by atoms with Gasteiger partial charge in [-0.05, 0) is 42.8 Å². The molecule has 0 fully saturated rings. The average Bonchev–Trinajstić information content (AvgIpc) is 2.60. The van der Waals surface area contributed by atoms with Crippen molar-refractivity contribution in [1.29, 1.82) is 0 Å². The van der Waals surface area contributed by atoms with Gasteiger partial charge in [-0.15, -0.1) is 0 Å². The maximum atomic E-state index is 12.1. The van der Waals surface area contributed by atoms with Gasteiger partial charge in [-0.3, -0.25) is 9.78 Å². The molecular formula is C16H19N3O4S. The van der Waals surface area contributed by atoms with Gasteiger partial charge in [0, 0.05) is 18.9 Å². The van der Waals surface area contributed by atoms with Gasteiger partial charge < -0.3 is 10.1 Å². The van der Waals surface area contributed by atoms with Gasteiger partial charge in [0.1, 0.15) is 5.75 Å². The van der Waals surface area contributed by atoms with Crippen molar-refractivity contribution < 1.29 is 17.9 Å². The van der Waals surface area contributed by atoms with Crippen LogP contribution in [0.25, 0.3) is 0 Å². The molecule has 0 unspecified atom stereocenters. The van der Waals surface area contributed by atoms with E-state index in [0.29, 0.717) is 12.4 Å². The number of carbonyl (C=O) groups excluding carboxylic acids is 1. The van der Waals surface area contributed by atoms with Crippen LogP contribution in [0.5, 0.6) is 5.75 Å². The van der Waals surface area contributed by atoms with Crippen molar-refractivity contribution in [1.82, 2.24) is 15.0 Å². The maximum absolute atomic E-state index is 12.1. The smallest absolute Gasteiger partial charge is 0.241 e. The highest BCUT2D eigenvalue weighted by atomic mass is 32.2. The molecular weight excluding hydrogens is 330 g/mol. The number of carbonyl (C=O) groups is 1. The summed E-state index contributed by atoms with van der Waals surface area (Å²) in [5.41, 5.74) is 0.834. The minimum absolute atomic E-state index is 0.0750. The molecule has 1 aromatic carbocycles. The van der Waals surface area contributed by atoms with Gasteiger partial charge in [-0.25, -0.2) is 13.1 Å². The molecule has 0 radical (unpaired) electrons. The second-order valence-electron chi connectivity index (χ2n) is 4.87. The lowest BCUT2D eigenvalue weighted by Gasteiger charge is -2.09. The third kappa shape index (κ3) is 5.32. The fraction of sp³-hybridized carbons (Fsp3) is 0.250. The van der Waals surface area contributed by atoms with Gasteiger partial charge in [0.15, 0.2) is 0 Å². The molecule has 0 spiro atoms. The molecule has 1 aromatic heterocycles. The van der Waals surface area contributed by atoms with E-state index in [9.17, 15) is 13.2 Å². The topological polar surface area (TPSA) is 97.4 Å². The Balaban J connectivity index is 1.86. The van der Waals surface area contributed by atoms with Gasteiger partial charge >= 0.3 is 0 Å². The molecule has 0 bridgehead atoms. The largest absolute Gasteiger partial charge is 0.494 e. The average molecular weight is 349 g/mol. The van der Waals surface area contributed by atoms with E-state index in [1.54, 1.807) is 30.6 Å². The van der Waals surface area contributed by atoms with Crippen LogP contribution < -0.4 is 14.8 Å². The number of amides is 1. The van der Waals surface area contributed by atoms with Crippen molar-refractivity contribution in [3.63, 3.8) is 0 Å². The molecule has 2 rings (SSSR count). The lowest BCUT2D eigenvalue weighted by Crippen LogP contribution is -2.36. The number of pyridine rings is 1. The fourth-order valence-electron chi connectivity index (χ4n) is 1.89. The highest BCUT2D eigenvalue weighted by Crippen LogP contribution is 2.15. The Bertz CT molecular complexity index is 762. The highest BCUT2D eigenvalue weighted by Gasteiger charge is 2.15. The van der Waals surface area contributed by atoms with Crippen molar-refractivity contribution in [2.45, 2.75) is 18.4 Å². The number of hydrogen-bond acceptors (Lipinski definition) is 5. The van der Waals surface area contributed by atoms with Crippen LogP contribution in [0.4, 0.5) is 0 Å². The van der Waals surface area contributed by atoms with Gasteiger partial charge in [-0.1, -0.05) is 6.07 Å². The number of benzene rings is 1. The van der Waals surface area contributed by atoms with E-state index in [1.165, 1.54) is 12.1 Å². The summed E-state index contributed by atoms with van der Waals surface area (Å²) in [6.07, 6.45) is 3.26. The molecule has 8 heteroatoms. The molecule has 0 atom stereocenters. The predicted octanol–water partition coefficient (Wildman–Crippen LogP) is 1.07. The summed E-state index contributed by atoms with van der Waals surface area (Å²) in [6, 6.07) is 9.58. The minimum Gasteiger partial charge on any atom is -0.494 e. The van der Waals surface area contributed by atoms with Crippen molar-refractivity contribution in [2.75, 3.05) is 13.2 Å². The molecule has 0 aliphatic rings. The first-order valence-electron chi connectivity index (χ1n) is 7.39. The van der Waals surface area contributed by atoms with Crippen LogP contribution in [-0.4, -0.2) is 32.5 Å². The summed E-state index contributed by atoms with van der Waals surface area (Å²) < 4.78 is 31.8. The number of hydrogen-bond donors (Lipinski definition) is 2. The summed E-state index contributed by atoms with van der Waals surface area (Å²) >= 11 is 0. The molecule has 0 aliphatic carbocycles. The first-order valence-corrected chi connectivity index (χ1v) is 8.87. The van der Waals surface area contributed by atoms with Crippen LogP contribution in [-0.2, 0) is 21.4 Å². The Morgan fingerprint density at radius 2 is 1.96 bits per heavy atom. The van der Waals surface area contributed by atoms with E-state index in [4.69, 9.17) is 4.74 Å². The standard InChI is InChI=1S/C16H19N3O4S/c1-2-23-14-5-7-15(8-6-14)24(21,22)19-12-16(20)18-11-13-4-3-9-17-10-13/h3-10,19H,2,11-12H2,1H3,(H,18,20). The van der Waals surface area contributed by atoms with E-state index in [1.807, 2.05) is 13.0 Å². The third-order valence-corrected chi connectivity index (χ3v) is 4.50. The number of nitrogens with zero attached hydrogens (tertiary/aromatic N) is 1. The first kappa shape index (κ1) is 17.9. The van der Waals surface area contributed by atoms with Gasteiger partial charge in [0.2, 0.25) is 15.9 Å². The number of nitrogens with one attached hydrogen (secondary N) is 2. The summed E-state index contributed by atoms with van der Waals surface area (Å²) in [7, 11) is -3.75. The Morgan fingerprint density at radius 3 is 2.58 bits per heavy atom. The van der Waals surface area contributed by atoms with E-state index < -0.39 is 15.9 Å². The predicted molar refractivity (Wildman–Crippen MR) is 88.9 cm³/mol. The van der Waals surface area contributed by atoms with Crippen molar-refractivity contribution >= 4 is 15.9 Å². The van der Waals surface area contributed by atoms with E-state index in [0.717, 1.165) is 5.56 Å². The zero-order chi connectivity index (χ0) is 17.4. The zero-order valence-corrected chi connectivity index (χ0v) is 14.0. The van der Waals surface area contributed by atoms with Gasteiger partial charge in [0.25, 0.3) is 0 Å². The normalized spacial score (nSPS) is 11.0. The van der Waals surface area contributed by atoms with Crippen LogP contribution in [0, 0.1) is 0 Å². The van der Waals surface area contributed by atoms with E-state index in [-0.39, 0.29) is 18.0 Å². The lowest BCUT2D eigenvalue weighted by atomic mass is 10.3. The molecule has 0 aliphatic heterocycles. The Labute approximate surface area is 141 Å². The molecule has 0 saturated carbocycles. The van der Waals surface area contributed by atoms with Crippen LogP contribution in [0.15, 0.2) is 53.7 Å². The zero-order valence-electron chi connectivity index (χ0n) is 13.2. The van der Waals surface area contributed by atoms with E-state index >= 15 is 0 Å².